The molecule has 0 radical (unpaired) electrons. The van der Waals surface area contributed by atoms with Crippen molar-refractivity contribution in [3.05, 3.63) is 47.8 Å². The van der Waals surface area contributed by atoms with Gasteiger partial charge in [-0.25, -0.2) is 4.98 Å². The average molecular weight is 217 g/mol. The van der Waals surface area contributed by atoms with E-state index in [9.17, 15) is 5.11 Å². The Kier molecular flexibility index (Phi) is 3.01. The second-order valence-corrected chi connectivity index (χ2v) is 3.71. The summed E-state index contributed by atoms with van der Waals surface area (Å²) in [7, 11) is 0. The Morgan fingerprint density at radius 1 is 1.44 bits per heavy atom. The molecular formula is C12H15N3O. The summed E-state index contributed by atoms with van der Waals surface area (Å²) in [6.07, 6.45) is 6.33. The predicted octanol–water partition coefficient (Wildman–Crippen LogP) is 1.69. The van der Waals surface area contributed by atoms with Crippen LogP contribution in [-0.4, -0.2) is 19.6 Å². The van der Waals surface area contributed by atoms with E-state index in [1.54, 1.807) is 18.6 Å². The van der Waals surface area contributed by atoms with Crippen LogP contribution in [0.5, 0.6) is 0 Å². The minimum Gasteiger partial charge on any atom is -0.380 e. The second-order valence-electron chi connectivity index (χ2n) is 3.71. The Morgan fingerprint density at radius 3 is 2.94 bits per heavy atom. The Morgan fingerprint density at radius 2 is 2.25 bits per heavy atom. The number of aromatic nitrogens is 3. The number of aliphatic hydroxyl groups is 1. The van der Waals surface area contributed by atoms with E-state index in [2.05, 4.69) is 9.97 Å². The van der Waals surface area contributed by atoms with Crippen molar-refractivity contribution in [1.29, 1.82) is 0 Å². The van der Waals surface area contributed by atoms with E-state index in [1.807, 2.05) is 30.7 Å². The SMILES string of the molecule is CCn1ccnc1C(O)c1ccncc1C. The Balaban J connectivity index is 2.39. The molecule has 1 N–H and O–H groups in total. The molecule has 1 atom stereocenters. The molecule has 0 spiro atoms. The van der Waals surface area contributed by atoms with Crippen LogP contribution < -0.4 is 0 Å². The first-order chi connectivity index (χ1) is 7.74. The summed E-state index contributed by atoms with van der Waals surface area (Å²) in [5, 5.41) is 10.3. The number of imidazole rings is 1. The van der Waals surface area contributed by atoms with Crippen LogP contribution in [0.15, 0.2) is 30.9 Å². The van der Waals surface area contributed by atoms with Crippen molar-refractivity contribution >= 4 is 0 Å². The Hall–Kier alpha value is -1.68. The quantitative estimate of drug-likeness (QED) is 0.851. The zero-order chi connectivity index (χ0) is 11.5. The summed E-state index contributed by atoms with van der Waals surface area (Å²) in [5.41, 5.74) is 1.83. The minimum atomic E-state index is -0.682. The van der Waals surface area contributed by atoms with E-state index >= 15 is 0 Å². The highest BCUT2D eigenvalue weighted by Gasteiger charge is 2.17. The number of hydrogen-bond acceptors (Lipinski definition) is 3. The van der Waals surface area contributed by atoms with Gasteiger partial charge in [-0.2, -0.15) is 0 Å². The van der Waals surface area contributed by atoms with Crippen molar-refractivity contribution in [2.75, 3.05) is 0 Å². The molecule has 0 aliphatic heterocycles. The lowest BCUT2D eigenvalue weighted by Gasteiger charge is -2.14. The van der Waals surface area contributed by atoms with E-state index in [-0.39, 0.29) is 0 Å². The van der Waals surface area contributed by atoms with Crippen LogP contribution in [0.3, 0.4) is 0 Å². The lowest BCUT2D eigenvalue weighted by atomic mass is 10.1. The molecule has 4 heteroatoms. The van der Waals surface area contributed by atoms with Crippen molar-refractivity contribution in [2.24, 2.45) is 0 Å². The summed E-state index contributed by atoms with van der Waals surface area (Å²) >= 11 is 0. The molecule has 1 unspecified atom stereocenters. The lowest BCUT2D eigenvalue weighted by molar-refractivity contribution is 0.204. The first-order valence-electron chi connectivity index (χ1n) is 5.33. The fraction of sp³-hybridized carbons (Fsp3) is 0.333. The van der Waals surface area contributed by atoms with Crippen molar-refractivity contribution < 1.29 is 5.11 Å². The normalized spacial score (nSPS) is 12.7. The van der Waals surface area contributed by atoms with E-state index < -0.39 is 6.10 Å². The van der Waals surface area contributed by atoms with Crippen molar-refractivity contribution in [3.63, 3.8) is 0 Å². The highest BCUT2D eigenvalue weighted by Crippen LogP contribution is 2.22. The summed E-state index contributed by atoms with van der Waals surface area (Å²) < 4.78 is 1.94. The van der Waals surface area contributed by atoms with Gasteiger partial charge in [0.25, 0.3) is 0 Å². The van der Waals surface area contributed by atoms with Gasteiger partial charge in [-0.15, -0.1) is 0 Å². The molecular weight excluding hydrogens is 202 g/mol. The maximum atomic E-state index is 10.3. The van der Waals surface area contributed by atoms with Gasteiger partial charge in [0.15, 0.2) is 0 Å². The first-order valence-corrected chi connectivity index (χ1v) is 5.33. The molecule has 16 heavy (non-hydrogen) atoms. The number of aliphatic hydroxyl groups excluding tert-OH is 1. The van der Waals surface area contributed by atoms with E-state index in [1.165, 1.54) is 0 Å². The van der Waals surface area contributed by atoms with Crippen molar-refractivity contribution in [3.8, 4) is 0 Å². The number of nitrogens with zero attached hydrogens (tertiary/aromatic N) is 3. The predicted molar refractivity (Wildman–Crippen MR) is 60.9 cm³/mol. The minimum absolute atomic E-state index is 0.678. The molecule has 2 heterocycles. The van der Waals surface area contributed by atoms with Crippen molar-refractivity contribution in [1.82, 2.24) is 14.5 Å². The zero-order valence-corrected chi connectivity index (χ0v) is 9.46. The first kappa shape index (κ1) is 10.8. The molecule has 4 nitrogen and oxygen atoms in total. The molecule has 2 rings (SSSR count). The fourth-order valence-electron chi connectivity index (χ4n) is 1.77. The van der Waals surface area contributed by atoms with Gasteiger partial charge in [0.1, 0.15) is 11.9 Å². The smallest absolute Gasteiger partial charge is 0.142 e. The molecule has 0 saturated carbocycles. The molecule has 84 valence electrons. The van der Waals surface area contributed by atoms with Gasteiger partial charge < -0.3 is 9.67 Å². The molecule has 0 fully saturated rings. The lowest BCUT2D eigenvalue weighted by Crippen LogP contribution is -2.10. The van der Waals surface area contributed by atoms with Crippen LogP contribution in [0.25, 0.3) is 0 Å². The van der Waals surface area contributed by atoms with Crippen LogP contribution in [0.1, 0.15) is 30.0 Å². The largest absolute Gasteiger partial charge is 0.380 e. The Labute approximate surface area is 94.6 Å². The monoisotopic (exact) mass is 217 g/mol. The summed E-state index contributed by atoms with van der Waals surface area (Å²) in [5.74, 6) is 0.678. The molecule has 0 aliphatic rings. The third-order valence-corrected chi connectivity index (χ3v) is 2.69. The van der Waals surface area contributed by atoms with Crippen LogP contribution >= 0.6 is 0 Å². The summed E-state index contributed by atoms with van der Waals surface area (Å²) in [6, 6.07) is 1.83. The summed E-state index contributed by atoms with van der Waals surface area (Å²) in [6.45, 7) is 4.76. The van der Waals surface area contributed by atoms with Crippen LogP contribution in [0.2, 0.25) is 0 Å². The second kappa shape index (κ2) is 4.45. The van der Waals surface area contributed by atoms with Gasteiger partial charge in [-0.3, -0.25) is 4.98 Å². The summed E-state index contributed by atoms with van der Waals surface area (Å²) in [4.78, 5) is 8.21. The van der Waals surface area contributed by atoms with Gasteiger partial charge in [-0.1, -0.05) is 0 Å². The van der Waals surface area contributed by atoms with E-state index in [0.717, 1.165) is 17.7 Å². The van der Waals surface area contributed by atoms with Gasteiger partial charge >= 0.3 is 0 Å². The average Bonchev–Trinajstić information content (AvgIpc) is 2.77. The van der Waals surface area contributed by atoms with E-state index in [4.69, 9.17) is 0 Å². The van der Waals surface area contributed by atoms with Gasteiger partial charge in [0, 0.05) is 31.3 Å². The molecule has 2 aromatic rings. The molecule has 2 aromatic heterocycles. The van der Waals surface area contributed by atoms with Gasteiger partial charge in [0.2, 0.25) is 0 Å². The maximum Gasteiger partial charge on any atom is 0.142 e. The third kappa shape index (κ3) is 1.84. The molecule has 0 amide bonds. The standard InChI is InChI=1S/C12H15N3O/c1-3-15-7-6-14-12(15)11(16)10-4-5-13-8-9(10)2/h4-8,11,16H,3H2,1-2H3. The third-order valence-electron chi connectivity index (χ3n) is 2.69. The van der Waals surface area contributed by atoms with Crippen molar-refractivity contribution in [2.45, 2.75) is 26.5 Å². The number of rotatable bonds is 3. The molecule has 0 saturated heterocycles. The van der Waals surface area contributed by atoms with Gasteiger partial charge in [0.05, 0.1) is 0 Å². The molecule has 0 aliphatic carbocycles. The van der Waals surface area contributed by atoms with Crippen LogP contribution in [0, 0.1) is 6.92 Å². The van der Waals surface area contributed by atoms with Gasteiger partial charge in [-0.05, 0) is 31.0 Å². The topological polar surface area (TPSA) is 50.9 Å². The highest BCUT2D eigenvalue weighted by atomic mass is 16.3. The number of hydrogen-bond donors (Lipinski definition) is 1. The van der Waals surface area contributed by atoms with E-state index in [0.29, 0.717) is 5.82 Å². The molecule has 0 bridgehead atoms. The fourth-order valence-corrected chi connectivity index (χ4v) is 1.77. The van der Waals surface area contributed by atoms with Crippen LogP contribution in [-0.2, 0) is 6.54 Å². The Bertz CT molecular complexity index is 479. The molecule has 0 aromatic carbocycles. The zero-order valence-electron chi connectivity index (χ0n) is 9.46. The highest BCUT2D eigenvalue weighted by molar-refractivity contribution is 5.28. The maximum absolute atomic E-state index is 10.3. The number of pyridine rings is 1. The number of aryl methyl sites for hydroxylation is 2. The van der Waals surface area contributed by atoms with Crippen LogP contribution in [0.4, 0.5) is 0 Å².